The quantitative estimate of drug-likeness (QED) is 0.782. The van der Waals surface area contributed by atoms with Crippen LogP contribution >= 0.6 is 27.5 Å². The molecular weight excluding hydrogens is 355 g/mol. The molecule has 0 saturated heterocycles. The second kappa shape index (κ2) is 5.76. The van der Waals surface area contributed by atoms with Crippen molar-refractivity contribution < 1.29 is 13.2 Å². The first-order chi connectivity index (χ1) is 9.29. The van der Waals surface area contributed by atoms with Gasteiger partial charge in [-0.1, -0.05) is 39.7 Å². The van der Waals surface area contributed by atoms with Gasteiger partial charge in [0.2, 0.25) is 0 Å². The zero-order valence-electron chi connectivity index (χ0n) is 10.1. The number of alkyl halides is 3. The predicted molar refractivity (Wildman–Crippen MR) is 76.6 cm³/mol. The summed E-state index contributed by atoms with van der Waals surface area (Å²) >= 11 is 9.22. The molecule has 0 aliphatic heterocycles. The molecule has 0 aliphatic rings. The predicted octanol–water partition coefficient (Wildman–Crippen LogP) is 5.17. The lowest BCUT2D eigenvalue weighted by atomic mass is 9.98. The van der Waals surface area contributed by atoms with Crippen molar-refractivity contribution in [2.75, 3.05) is 0 Å². The van der Waals surface area contributed by atoms with E-state index in [0.717, 1.165) is 12.1 Å². The van der Waals surface area contributed by atoms with E-state index in [-0.39, 0.29) is 0 Å². The third-order valence-electron chi connectivity index (χ3n) is 2.87. The van der Waals surface area contributed by atoms with E-state index in [0.29, 0.717) is 20.6 Å². The van der Waals surface area contributed by atoms with E-state index in [9.17, 15) is 13.2 Å². The molecule has 1 nitrogen and oxygen atoms in total. The third-order valence-corrected chi connectivity index (χ3v) is 3.82. The van der Waals surface area contributed by atoms with E-state index in [2.05, 4.69) is 15.9 Å². The van der Waals surface area contributed by atoms with Gasteiger partial charge in [0, 0.05) is 9.50 Å². The van der Waals surface area contributed by atoms with Gasteiger partial charge in [0.25, 0.3) is 0 Å². The second-order valence-electron chi connectivity index (χ2n) is 4.27. The van der Waals surface area contributed by atoms with Gasteiger partial charge in [0.15, 0.2) is 0 Å². The van der Waals surface area contributed by atoms with Gasteiger partial charge in [-0.15, -0.1) is 0 Å². The van der Waals surface area contributed by atoms with E-state index < -0.39 is 17.8 Å². The summed E-state index contributed by atoms with van der Waals surface area (Å²) in [6.07, 6.45) is -4.39. The molecule has 20 heavy (non-hydrogen) atoms. The fourth-order valence-electron chi connectivity index (χ4n) is 1.84. The number of rotatable bonds is 2. The van der Waals surface area contributed by atoms with E-state index >= 15 is 0 Å². The molecule has 0 saturated carbocycles. The number of benzene rings is 2. The normalized spacial score (nSPS) is 13.3. The number of hydrogen-bond donors (Lipinski definition) is 1. The highest BCUT2D eigenvalue weighted by molar-refractivity contribution is 9.10. The summed E-state index contributed by atoms with van der Waals surface area (Å²) in [7, 11) is 0. The average Bonchev–Trinajstić information content (AvgIpc) is 2.40. The van der Waals surface area contributed by atoms with Crippen molar-refractivity contribution >= 4 is 27.5 Å². The van der Waals surface area contributed by atoms with Crippen LogP contribution in [-0.4, -0.2) is 0 Å². The van der Waals surface area contributed by atoms with Crippen molar-refractivity contribution in [1.82, 2.24) is 0 Å². The summed E-state index contributed by atoms with van der Waals surface area (Å²) < 4.78 is 38.8. The molecule has 0 radical (unpaired) electrons. The van der Waals surface area contributed by atoms with Crippen LogP contribution in [0.4, 0.5) is 13.2 Å². The Kier molecular flexibility index (Phi) is 4.42. The minimum Gasteiger partial charge on any atom is -0.320 e. The Morgan fingerprint density at radius 3 is 2.45 bits per heavy atom. The van der Waals surface area contributed by atoms with Crippen molar-refractivity contribution in [3.63, 3.8) is 0 Å². The molecule has 0 amide bonds. The fraction of sp³-hybridized carbons (Fsp3) is 0.143. The van der Waals surface area contributed by atoms with E-state index in [1.807, 2.05) is 0 Å². The standard InChI is InChI=1S/C14H10BrClF3N/c15-12-5-4-10(16)7-11(12)13(20)8-2-1-3-9(6-8)14(17,18)19/h1-7,13H,20H2. The highest BCUT2D eigenvalue weighted by Gasteiger charge is 2.30. The van der Waals surface area contributed by atoms with E-state index in [1.54, 1.807) is 24.3 Å². The van der Waals surface area contributed by atoms with Crippen LogP contribution in [0.2, 0.25) is 5.02 Å². The van der Waals surface area contributed by atoms with Crippen LogP contribution in [0.25, 0.3) is 0 Å². The largest absolute Gasteiger partial charge is 0.416 e. The lowest BCUT2D eigenvalue weighted by Crippen LogP contribution is -2.14. The van der Waals surface area contributed by atoms with E-state index in [4.69, 9.17) is 17.3 Å². The Morgan fingerprint density at radius 1 is 1.10 bits per heavy atom. The molecule has 2 rings (SSSR count). The zero-order chi connectivity index (χ0) is 14.9. The smallest absolute Gasteiger partial charge is 0.320 e. The molecule has 0 fully saturated rings. The molecule has 2 aromatic rings. The van der Waals surface area contributed by atoms with Gasteiger partial charge >= 0.3 is 6.18 Å². The third kappa shape index (κ3) is 3.34. The molecule has 0 spiro atoms. The zero-order valence-corrected chi connectivity index (χ0v) is 12.4. The Morgan fingerprint density at radius 2 is 1.80 bits per heavy atom. The van der Waals surface area contributed by atoms with Crippen LogP contribution in [0.5, 0.6) is 0 Å². The molecule has 6 heteroatoms. The Labute approximate surface area is 127 Å². The molecule has 106 valence electrons. The molecular formula is C14H10BrClF3N. The molecule has 0 aliphatic carbocycles. The summed E-state index contributed by atoms with van der Waals surface area (Å²) in [5, 5.41) is 0.477. The summed E-state index contributed by atoms with van der Waals surface area (Å²) in [4.78, 5) is 0. The van der Waals surface area contributed by atoms with Crippen molar-refractivity contribution in [2.24, 2.45) is 5.73 Å². The Balaban J connectivity index is 2.43. The SMILES string of the molecule is NC(c1cccc(C(F)(F)F)c1)c1cc(Cl)ccc1Br. The lowest BCUT2D eigenvalue weighted by molar-refractivity contribution is -0.137. The molecule has 0 aromatic heterocycles. The number of nitrogens with two attached hydrogens (primary N) is 1. The monoisotopic (exact) mass is 363 g/mol. The fourth-order valence-corrected chi connectivity index (χ4v) is 2.51. The van der Waals surface area contributed by atoms with Gasteiger partial charge in [-0.3, -0.25) is 0 Å². The van der Waals surface area contributed by atoms with Gasteiger partial charge < -0.3 is 5.73 Å². The Bertz CT molecular complexity index is 628. The summed E-state index contributed by atoms with van der Waals surface area (Å²) in [6, 6.07) is 9.31. The van der Waals surface area contributed by atoms with Crippen LogP contribution in [0.3, 0.4) is 0 Å². The van der Waals surface area contributed by atoms with Gasteiger partial charge in [-0.2, -0.15) is 13.2 Å². The van der Waals surface area contributed by atoms with Crippen LogP contribution in [0.1, 0.15) is 22.7 Å². The maximum atomic E-state index is 12.7. The van der Waals surface area contributed by atoms with Crippen LogP contribution in [0, 0.1) is 0 Å². The topological polar surface area (TPSA) is 26.0 Å². The maximum Gasteiger partial charge on any atom is 0.416 e. The lowest BCUT2D eigenvalue weighted by Gasteiger charge is -2.16. The van der Waals surface area contributed by atoms with Gasteiger partial charge in [-0.25, -0.2) is 0 Å². The van der Waals surface area contributed by atoms with E-state index in [1.165, 1.54) is 6.07 Å². The van der Waals surface area contributed by atoms with Crippen LogP contribution < -0.4 is 5.73 Å². The highest BCUT2D eigenvalue weighted by atomic mass is 79.9. The first-order valence-electron chi connectivity index (χ1n) is 5.66. The maximum absolute atomic E-state index is 12.7. The highest BCUT2D eigenvalue weighted by Crippen LogP contribution is 2.33. The minimum absolute atomic E-state index is 0.378. The minimum atomic E-state index is -4.39. The first-order valence-corrected chi connectivity index (χ1v) is 6.84. The summed E-state index contributed by atoms with van der Waals surface area (Å²) in [5.74, 6) is 0. The van der Waals surface area contributed by atoms with Gasteiger partial charge in [-0.05, 0) is 41.5 Å². The van der Waals surface area contributed by atoms with Crippen molar-refractivity contribution in [3.05, 3.63) is 68.7 Å². The van der Waals surface area contributed by atoms with Crippen molar-refractivity contribution in [2.45, 2.75) is 12.2 Å². The Hall–Kier alpha value is -1.04. The first kappa shape index (κ1) is 15.4. The van der Waals surface area contributed by atoms with Gasteiger partial charge in [0.1, 0.15) is 0 Å². The number of halogens is 5. The summed E-state index contributed by atoms with van der Waals surface area (Å²) in [5.41, 5.74) is 6.34. The van der Waals surface area contributed by atoms with Crippen LogP contribution in [0.15, 0.2) is 46.9 Å². The second-order valence-corrected chi connectivity index (χ2v) is 5.56. The number of hydrogen-bond acceptors (Lipinski definition) is 1. The van der Waals surface area contributed by atoms with Crippen molar-refractivity contribution in [3.8, 4) is 0 Å². The molecule has 2 aromatic carbocycles. The van der Waals surface area contributed by atoms with Crippen LogP contribution in [-0.2, 0) is 6.18 Å². The molecule has 2 N–H and O–H groups in total. The molecule has 1 atom stereocenters. The van der Waals surface area contributed by atoms with Crippen molar-refractivity contribution in [1.29, 1.82) is 0 Å². The molecule has 0 bridgehead atoms. The van der Waals surface area contributed by atoms with Gasteiger partial charge in [0.05, 0.1) is 11.6 Å². The molecule has 0 heterocycles. The average molecular weight is 365 g/mol. The molecule has 1 unspecified atom stereocenters. The summed E-state index contributed by atoms with van der Waals surface area (Å²) in [6.45, 7) is 0.